The van der Waals surface area contributed by atoms with E-state index in [4.69, 9.17) is 0 Å². The molecule has 0 radical (unpaired) electrons. The molecule has 0 aliphatic heterocycles. The number of nitrogens with zero attached hydrogens (tertiary/aromatic N) is 2. The van der Waals surface area contributed by atoms with Gasteiger partial charge in [0.15, 0.2) is 11.5 Å². The van der Waals surface area contributed by atoms with Crippen LogP contribution in [0.2, 0.25) is 0 Å². The van der Waals surface area contributed by atoms with E-state index in [1.54, 1.807) is 6.92 Å². The molecule has 0 saturated carbocycles. The summed E-state index contributed by atoms with van der Waals surface area (Å²) in [6.45, 7) is 2.01. The quantitative estimate of drug-likeness (QED) is 0.668. The molecule has 8 heteroatoms. The summed E-state index contributed by atoms with van der Waals surface area (Å²) < 4.78 is 26.3. The van der Waals surface area contributed by atoms with E-state index >= 15 is 0 Å². The molecular formula is C10H11F2N3O3. The SMILES string of the molecule is CCN(C)C(=O)Nc1c(F)cc(F)cc1[N+](=O)[O-]. The van der Waals surface area contributed by atoms with Crippen LogP contribution in [-0.2, 0) is 0 Å². The minimum absolute atomic E-state index is 0.336. The number of amides is 2. The van der Waals surface area contributed by atoms with Crippen LogP contribution in [0.15, 0.2) is 12.1 Å². The van der Waals surface area contributed by atoms with Crippen LogP contribution < -0.4 is 5.32 Å². The summed E-state index contributed by atoms with van der Waals surface area (Å²) in [5.74, 6) is -2.28. The molecule has 0 fully saturated rings. The van der Waals surface area contributed by atoms with Gasteiger partial charge in [-0.2, -0.15) is 0 Å². The second-order valence-electron chi connectivity index (χ2n) is 3.48. The van der Waals surface area contributed by atoms with E-state index in [1.165, 1.54) is 11.9 Å². The summed E-state index contributed by atoms with van der Waals surface area (Å²) >= 11 is 0. The lowest BCUT2D eigenvalue weighted by atomic mass is 10.2. The van der Waals surface area contributed by atoms with Crippen LogP contribution in [0.4, 0.5) is 25.0 Å². The largest absolute Gasteiger partial charge is 0.328 e. The van der Waals surface area contributed by atoms with Gasteiger partial charge in [-0.05, 0) is 6.92 Å². The first-order valence-corrected chi connectivity index (χ1v) is 5.02. The van der Waals surface area contributed by atoms with Crippen LogP contribution in [0.1, 0.15) is 6.92 Å². The number of rotatable bonds is 3. The minimum Gasteiger partial charge on any atom is -0.328 e. The van der Waals surface area contributed by atoms with Gasteiger partial charge in [0, 0.05) is 19.7 Å². The molecule has 0 spiro atoms. The number of nitro groups is 1. The zero-order chi connectivity index (χ0) is 13.9. The van der Waals surface area contributed by atoms with E-state index in [0.717, 1.165) is 0 Å². The highest BCUT2D eigenvalue weighted by Gasteiger charge is 2.23. The van der Waals surface area contributed by atoms with E-state index in [2.05, 4.69) is 0 Å². The summed E-state index contributed by atoms with van der Waals surface area (Å²) in [6, 6.07) is 0.297. The Hall–Kier alpha value is -2.25. The Kier molecular flexibility index (Phi) is 4.13. The molecule has 98 valence electrons. The number of halogens is 2. The molecule has 1 N–H and O–H groups in total. The van der Waals surface area contributed by atoms with Gasteiger partial charge in [-0.1, -0.05) is 0 Å². The average molecular weight is 259 g/mol. The lowest BCUT2D eigenvalue weighted by molar-refractivity contribution is -0.384. The van der Waals surface area contributed by atoms with Crippen molar-refractivity contribution in [1.29, 1.82) is 0 Å². The molecule has 0 unspecified atom stereocenters. The summed E-state index contributed by atoms with van der Waals surface area (Å²) in [5.41, 5.74) is -1.47. The molecule has 0 atom stereocenters. The summed E-state index contributed by atoms with van der Waals surface area (Å²) in [6.07, 6.45) is 0. The second kappa shape index (κ2) is 5.39. The van der Waals surface area contributed by atoms with E-state index < -0.39 is 34.0 Å². The van der Waals surface area contributed by atoms with E-state index in [9.17, 15) is 23.7 Å². The Morgan fingerprint density at radius 3 is 2.61 bits per heavy atom. The first-order valence-electron chi connectivity index (χ1n) is 5.02. The molecular weight excluding hydrogens is 248 g/mol. The van der Waals surface area contributed by atoms with Gasteiger partial charge in [0.05, 0.1) is 11.0 Å². The predicted octanol–water partition coefficient (Wildman–Crippen LogP) is 2.36. The van der Waals surface area contributed by atoms with Crippen LogP contribution in [0, 0.1) is 21.7 Å². The van der Waals surface area contributed by atoms with Crippen molar-refractivity contribution in [3.8, 4) is 0 Å². The van der Waals surface area contributed by atoms with Crippen molar-refractivity contribution in [2.75, 3.05) is 18.9 Å². The highest BCUT2D eigenvalue weighted by molar-refractivity contribution is 5.91. The van der Waals surface area contributed by atoms with Gasteiger partial charge < -0.3 is 4.90 Å². The van der Waals surface area contributed by atoms with Gasteiger partial charge in [-0.15, -0.1) is 0 Å². The Morgan fingerprint density at radius 2 is 2.11 bits per heavy atom. The zero-order valence-electron chi connectivity index (χ0n) is 9.74. The van der Waals surface area contributed by atoms with Crippen LogP contribution >= 0.6 is 0 Å². The average Bonchev–Trinajstić information content (AvgIpc) is 2.30. The van der Waals surface area contributed by atoms with Gasteiger partial charge in [0.2, 0.25) is 0 Å². The maximum Gasteiger partial charge on any atom is 0.321 e. The number of carbonyl (C=O) groups excluding carboxylic acids is 1. The Morgan fingerprint density at radius 1 is 1.50 bits per heavy atom. The van der Waals surface area contributed by atoms with Crippen LogP contribution in [0.3, 0.4) is 0 Å². The van der Waals surface area contributed by atoms with Crippen molar-refractivity contribution in [1.82, 2.24) is 4.90 Å². The number of urea groups is 1. The third kappa shape index (κ3) is 2.90. The topological polar surface area (TPSA) is 75.5 Å². The van der Waals surface area contributed by atoms with Crippen molar-refractivity contribution in [3.63, 3.8) is 0 Å². The maximum atomic E-state index is 13.4. The number of anilines is 1. The van der Waals surface area contributed by atoms with Gasteiger partial charge in [-0.3, -0.25) is 15.4 Å². The Labute approximate surface area is 101 Å². The molecule has 18 heavy (non-hydrogen) atoms. The fourth-order valence-corrected chi connectivity index (χ4v) is 1.17. The molecule has 0 bridgehead atoms. The third-order valence-electron chi connectivity index (χ3n) is 2.28. The monoisotopic (exact) mass is 259 g/mol. The van der Waals surface area contributed by atoms with Crippen molar-refractivity contribution in [3.05, 3.63) is 33.9 Å². The molecule has 2 amide bonds. The molecule has 6 nitrogen and oxygen atoms in total. The molecule has 0 aliphatic rings. The molecule has 1 aromatic rings. The highest BCUT2D eigenvalue weighted by atomic mass is 19.1. The number of nitrogens with one attached hydrogen (secondary N) is 1. The van der Waals surface area contributed by atoms with Crippen molar-refractivity contribution < 1.29 is 18.5 Å². The predicted molar refractivity (Wildman–Crippen MR) is 60.3 cm³/mol. The molecule has 0 aromatic heterocycles. The number of carbonyl (C=O) groups is 1. The van der Waals surface area contributed by atoms with Crippen LogP contribution in [0.25, 0.3) is 0 Å². The molecule has 0 heterocycles. The fourth-order valence-electron chi connectivity index (χ4n) is 1.17. The van der Waals surface area contributed by atoms with Gasteiger partial charge >= 0.3 is 6.03 Å². The Balaban J connectivity index is 3.15. The number of benzene rings is 1. The molecule has 1 aromatic carbocycles. The summed E-state index contributed by atoms with van der Waals surface area (Å²) in [5, 5.41) is 12.7. The van der Waals surface area contributed by atoms with E-state index in [1.807, 2.05) is 5.32 Å². The first kappa shape index (κ1) is 13.8. The number of hydrogen-bond acceptors (Lipinski definition) is 3. The molecule has 0 saturated heterocycles. The standard InChI is InChI=1S/C10H11F2N3O3/c1-3-14(2)10(16)13-9-7(12)4-6(11)5-8(9)15(17)18/h4-5H,3H2,1-2H3,(H,13,16). The van der Waals surface area contributed by atoms with Crippen LogP contribution in [0.5, 0.6) is 0 Å². The Bertz CT molecular complexity index is 494. The minimum atomic E-state index is -1.19. The van der Waals surface area contributed by atoms with Gasteiger partial charge in [0.25, 0.3) is 5.69 Å². The lowest BCUT2D eigenvalue weighted by Gasteiger charge is -2.15. The van der Waals surface area contributed by atoms with Crippen molar-refractivity contribution in [2.24, 2.45) is 0 Å². The smallest absolute Gasteiger partial charge is 0.321 e. The molecule has 1 rings (SSSR count). The van der Waals surface area contributed by atoms with E-state index in [0.29, 0.717) is 18.7 Å². The second-order valence-corrected chi connectivity index (χ2v) is 3.48. The maximum absolute atomic E-state index is 13.4. The van der Waals surface area contributed by atoms with Gasteiger partial charge in [0.1, 0.15) is 5.82 Å². The van der Waals surface area contributed by atoms with Crippen molar-refractivity contribution in [2.45, 2.75) is 6.92 Å². The number of nitro benzene ring substituents is 1. The summed E-state index contributed by atoms with van der Waals surface area (Å²) in [4.78, 5) is 22.4. The zero-order valence-corrected chi connectivity index (χ0v) is 9.74. The van der Waals surface area contributed by atoms with Crippen LogP contribution in [-0.4, -0.2) is 29.4 Å². The lowest BCUT2D eigenvalue weighted by Crippen LogP contribution is -2.31. The third-order valence-corrected chi connectivity index (χ3v) is 2.28. The fraction of sp³-hybridized carbons (Fsp3) is 0.300. The number of hydrogen-bond donors (Lipinski definition) is 1. The first-order chi connectivity index (χ1) is 8.36. The highest BCUT2D eigenvalue weighted by Crippen LogP contribution is 2.28. The van der Waals surface area contributed by atoms with Crippen molar-refractivity contribution >= 4 is 17.4 Å². The summed E-state index contributed by atoms with van der Waals surface area (Å²) in [7, 11) is 1.43. The molecule has 0 aliphatic carbocycles. The normalized spacial score (nSPS) is 10.0. The van der Waals surface area contributed by atoms with Gasteiger partial charge in [-0.25, -0.2) is 13.6 Å². The van der Waals surface area contributed by atoms with E-state index in [-0.39, 0.29) is 0 Å².